The van der Waals surface area contributed by atoms with Gasteiger partial charge in [0.25, 0.3) is 0 Å². The molecule has 0 aromatic carbocycles. The van der Waals surface area contributed by atoms with Gasteiger partial charge in [0.2, 0.25) is 17.7 Å². The van der Waals surface area contributed by atoms with Gasteiger partial charge in [-0.1, -0.05) is 0 Å². The number of aromatic nitrogens is 1. The summed E-state index contributed by atoms with van der Waals surface area (Å²) in [6.07, 6.45) is 6.54. The lowest BCUT2D eigenvalue weighted by molar-refractivity contribution is -0.136. The fraction of sp³-hybridized carbons (Fsp3) is 0.600. The highest BCUT2D eigenvalue weighted by Crippen LogP contribution is 2.31. The first-order chi connectivity index (χ1) is 13.1. The molecule has 1 unspecified atom stereocenters. The van der Waals surface area contributed by atoms with E-state index in [1.165, 1.54) is 0 Å². The van der Waals surface area contributed by atoms with Crippen LogP contribution in [0.4, 0.5) is 0 Å². The van der Waals surface area contributed by atoms with Crippen molar-refractivity contribution in [1.29, 1.82) is 0 Å². The molecule has 7 heteroatoms. The highest BCUT2D eigenvalue weighted by Gasteiger charge is 2.38. The number of nitrogens with zero attached hydrogens (tertiary/aromatic N) is 4. The van der Waals surface area contributed by atoms with Gasteiger partial charge >= 0.3 is 0 Å². The van der Waals surface area contributed by atoms with Gasteiger partial charge in [0, 0.05) is 64.0 Å². The Labute approximate surface area is 159 Å². The fourth-order valence-electron chi connectivity index (χ4n) is 4.00. The Kier molecular flexibility index (Phi) is 5.09. The van der Waals surface area contributed by atoms with Crippen LogP contribution in [0.5, 0.6) is 0 Å². The lowest BCUT2D eigenvalue weighted by Gasteiger charge is -2.24. The van der Waals surface area contributed by atoms with Gasteiger partial charge in [-0.2, -0.15) is 0 Å². The lowest BCUT2D eigenvalue weighted by atomic mass is 10.1. The van der Waals surface area contributed by atoms with Crippen LogP contribution in [0.1, 0.15) is 31.2 Å². The van der Waals surface area contributed by atoms with Gasteiger partial charge in [-0.3, -0.25) is 19.4 Å². The maximum Gasteiger partial charge on any atom is 0.228 e. The molecule has 0 radical (unpaired) electrons. The first-order valence-corrected chi connectivity index (χ1v) is 9.86. The molecule has 3 amide bonds. The molecule has 4 rings (SSSR count). The summed E-state index contributed by atoms with van der Waals surface area (Å²) in [5, 5.41) is 0. The van der Waals surface area contributed by atoms with Crippen LogP contribution in [0.2, 0.25) is 0 Å². The van der Waals surface area contributed by atoms with E-state index in [-0.39, 0.29) is 36.0 Å². The highest BCUT2D eigenvalue weighted by atomic mass is 16.2. The normalized spacial score (nSPS) is 23.5. The van der Waals surface area contributed by atoms with E-state index in [0.29, 0.717) is 32.7 Å². The molecular weight excluding hydrogens is 344 g/mol. The zero-order valence-corrected chi connectivity index (χ0v) is 15.5. The zero-order valence-electron chi connectivity index (χ0n) is 15.5. The standard InChI is InChI=1S/C20H26N4O3/c25-18-12-17(14-24(18)13-15-4-6-21-7-5-15)20(27)23-9-1-8-22(10-11-23)19(26)16-2-3-16/h4-7,16-17H,1-3,8-14H2. The molecule has 144 valence electrons. The third-order valence-electron chi connectivity index (χ3n) is 5.73. The maximum atomic E-state index is 13.0. The van der Waals surface area contributed by atoms with Crippen molar-refractivity contribution in [3.63, 3.8) is 0 Å². The number of pyridine rings is 1. The molecule has 0 spiro atoms. The van der Waals surface area contributed by atoms with E-state index < -0.39 is 0 Å². The third kappa shape index (κ3) is 4.12. The Balaban J connectivity index is 1.32. The molecular formula is C20H26N4O3. The van der Waals surface area contributed by atoms with Gasteiger partial charge in [-0.15, -0.1) is 0 Å². The number of amides is 3. The monoisotopic (exact) mass is 370 g/mol. The van der Waals surface area contributed by atoms with Crippen LogP contribution >= 0.6 is 0 Å². The van der Waals surface area contributed by atoms with Crippen molar-refractivity contribution in [3.8, 4) is 0 Å². The topological polar surface area (TPSA) is 73.8 Å². The molecule has 0 N–H and O–H groups in total. The smallest absolute Gasteiger partial charge is 0.228 e. The summed E-state index contributed by atoms with van der Waals surface area (Å²) in [7, 11) is 0. The van der Waals surface area contributed by atoms with Crippen molar-refractivity contribution < 1.29 is 14.4 Å². The van der Waals surface area contributed by atoms with Crippen LogP contribution in [-0.2, 0) is 20.9 Å². The summed E-state index contributed by atoms with van der Waals surface area (Å²) in [5.41, 5.74) is 1.02. The van der Waals surface area contributed by atoms with Crippen LogP contribution in [0.3, 0.4) is 0 Å². The zero-order chi connectivity index (χ0) is 18.8. The summed E-state index contributed by atoms with van der Waals surface area (Å²) in [5.74, 6) is 0.294. The van der Waals surface area contributed by atoms with Crippen molar-refractivity contribution in [3.05, 3.63) is 30.1 Å². The molecule has 0 bridgehead atoms. The first-order valence-electron chi connectivity index (χ1n) is 9.86. The Bertz CT molecular complexity index is 719. The number of rotatable bonds is 4. The maximum absolute atomic E-state index is 13.0. The molecule has 27 heavy (non-hydrogen) atoms. The number of carbonyl (C=O) groups excluding carboxylic acids is 3. The van der Waals surface area contributed by atoms with Gasteiger partial charge in [0.05, 0.1) is 5.92 Å². The molecule has 1 aromatic rings. The van der Waals surface area contributed by atoms with Crippen molar-refractivity contribution in [1.82, 2.24) is 19.7 Å². The van der Waals surface area contributed by atoms with Crippen molar-refractivity contribution in [2.45, 2.75) is 32.2 Å². The first kappa shape index (κ1) is 17.9. The lowest BCUT2D eigenvalue weighted by Crippen LogP contribution is -2.41. The quantitative estimate of drug-likeness (QED) is 0.789. The molecule has 2 aliphatic heterocycles. The van der Waals surface area contributed by atoms with Crippen LogP contribution in [0.25, 0.3) is 0 Å². The molecule has 7 nitrogen and oxygen atoms in total. The molecule has 1 saturated carbocycles. The minimum atomic E-state index is -0.273. The largest absolute Gasteiger partial charge is 0.341 e. The molecule has 2 saturated heterocycles. The van der Waals surface area contributed by atoms with Crippen molar-refractivity contribution >= 4 is 17.7 Å². The van der Waals surface area contributed by atoms with Crippen molar-refractivity contribution in [2.24, 2.45) is 11.8 Å². The number of hydrogen-bond acceptors (Lipinski definition) is 4. The van der Waals surface area contributed by atoms with E-state index in [1.807, 2.05) is 21.9 Å². The average molecular weight is 370 g/mol. The SMILES string of the molecule is O=C1CC(C(=O)N2CCCN(C(=O)C3CC3)CC2)CN1Cc1ccncc1. The predicted molar refractivity (Wildman–Crippen MR) is 98.3 cm³/mol. The van der Waals surface area contributed by atoms with Gasteiger partial charge < -0.3 is 14.7 Å². The number of hydrogen-bond donors (Lipinski definition) is 0. The fourth-order valence-corrected chi connectivity index (χ4v) is 4.00. The van der Waals surface area contributed by atoms with Crippen LogP contribution in [-0.4, -0.2) is 70.1 Å². The summed E-state index contributed by atoms with van der Waals surface area (Å²) >= 11 is 0. The summed E-state index contributed by atoms with van der Waals surface area (Å²) in [6.45, 7) is 3.59. The van der Waals surface area contributed by atoms with Crippen molar-refractivity contribution in [2.75, 3.05) is 32.7 Å². The molecule has 1 aliphatic carbocycles. The van der Waals surface area contributed by atoms with Crippen LogP contribution in [0, 0.1) is 11.8 Å². The van der Waals surface area contributed by atoms with E-state index in [2.05, 4.69) is 4.98 Å². The van der Waals surface area contributed by atoms with Crippen LogP contribution < -0.4 is 0 Å². The second-order valence-electron chi connectivity index (χ2n) is 7.81. The van der Waals surface area contributed by atoms with Gasteiger partial charge in [-0.25, -0.2) is 0 Å². The van der Waals surface area contributed by atoms with E-state index >= 15 is 0 Å². The Morgan fingerprint density at radius 2 is 1.59 bits per heavy atom. The second-order valence-corrected chi connectivity index (χ2v) is 7.81. The minimum absolute atomic E-state index is 0.0329. The second kappa shape index (κ2) is 7.66. The third-order valence-corrected chi connectivity index (χ3v) is 5.73. The van der Waals surface area contributed by atoms with Gasteiger partial charge in [-0.05, 0) is 37.0 Å². The predicted octanol–water partition coefficient (Wildman–Crippen LogP) is 0.901. The Morgan fingerprint density at radius 3 is 2.22 bits per heavy atom. The Hall–Kier alpha value is -2.44. The minimum Gasteiger partial charge on any atom is -0.341 e. The molecule has 1 aromatic heterocycles. The summed E-state index contributed by atoms with van der Waals surface area (Å²) < 4.78 is 0. The summed E-state index contributed by atoms with van der Waals surface area (Å²) in [6, 6.07) is 3.78. The van der Waals surface area contributed by atoms with Gasteiger partial charge in [0.1, 0.15) is 0 Å². The Morgan fingerprint density at radius 1 is 0.963 bits per heavy atom. The van der Waals surface area contributed by atoms with Crippen LogP contribution in [0.15, 0.2) is 24.5 Å². The van der Waals surface area contributed by atoms with Gasteiger partial charge in [0.15, 0.2) is 0 Å². The van der Waals surface area contributed by atoms with E-state index in [4.69, 9.17) is 0 Å². The van der Waals surface area contributed by atoms with E-state index in [0.717, 1.165) is 31.4 Å². The highest BCUT2D eigenvalue weighted by molar-refractivity contribution is 5.89. The molecule has 1 atom stereocenters. The molecule has 3 fully saturated rings. The van der Waals surface area contributed by atoms with E-state index in [1.54, 1.807) is 17.3 Å². The number of carbonyl (C=O) groups is 3. The molecule has 3 aliphatic rings. The average Bonchev–Trinajstić information content (AvgIpc) is 3.49. The van der Waals surface area contributed by atoms with E-state index in [9.17, 15) is 14.4 Å². The molecule has 3 heterocycles. The number of likely N-dealkylation sites (tertiary alicyclic amines) is 1. The summed E-state index contributed by atoms with van der Waals surface area (Å²) in [4.78, 5) is 47.1.